The zero-order chi connectivity index (χ0) is 21.9. The lowest BCUT2D eigenvalue weighted by Gasteiger charge is -2.29. The Kier molecular flexibility index (Phi) is 6.71. The van der Waals surface area contributed by atoms with Gasteiger partial charge in [0.15, 0.2) is 0 Å². The summed E-state index contributed by atoms with van der Waals surface area (Å²) in [6.45, 7) is 8.62. The van der Waals surface area contributed by atoms with Gasteiger partial charge in [-0.1, -0.05) is 12.1 Å². The highest BCUT2D eigenvalue weighted by molar-refractivity contribution is 7.92. The number of rotatable bonds is 6. The number of amides is 1. The van der Waals surface area contributed by atoms with Crippen LogP contribution in [-0.2, 0) is 10.0 Å². The topological polar surface area (TPSA) is 75.7 Å². The third kappa shape index (κ3) is 5.14. The van der Waals surface area contributed by atoms with Crippen LogP contribution in [0.4, 0.5) is 5.69 Å². The van der Waals surface area contributed by atoms with Gasteiger partial charge in [0.25, 0.3) is 5.91 Å². The van der Waals surface area contributed by atoms with E-state index in [-0.39, 0.29) is 17.7 Å². The smallest absolute Gasteiger partial charge is 0.251 e. The molecule has 0 saturated carbocycles. The van der Waals surface area contributed by atoms with Crippen LogP contribution in [0.3, 0.4) is 0 Å². The lowest BCUT2D eigenvalue weighted by atomic mass is 10.1. The molecule has 30 heavy (non-hydrogen) atoms. The lowest BCUT2D eigenvalue weighted by Crippen LogP contribution is -2.39. The largest absolute Gasteiger partial charge is 0.491 e. The van der Waals surface area contributed by atoms with Crippen molar-refractivity contribution in [2.24, 2.45) is 0 Å². The Morgan fingerprint density at radius 1 is 1.07 bits per heavy atom. The average molecular weight is 431 g/mol. The van der Waals surface area contributed by atoms with Gasteiger partial charge in [-0.2, -0.15) is 0 Å². The maximum atomic E-state index is 12.7. The molecule has 1 heterocycles. The first-order chi connectivity index (χ1) is 14.2. The summed E-state index contributed by atoms with van der Waals surface area (Å²) in [6.07, 6.45) is 1.50. The van der Waals surface area contributed by atoms with E-state index in [0.717, 1.165) is 23.3 Å². The second-order valence-corrected chi connectivity index (χ2v) is 10.0. The summed E-state index contributed by atoms with van der Waals surface area (Å²) in [5.74, 6) is 0.671. The molecular weight excluding hydrogens is 400 g/mol. The first-order valence-corrected chi connectivity index (χ1v) is 11.9. The molecule has 1 fully saturated rings. The van der Waals surface area contributed by atoms with Gasteiger partial charge in [-0.05, 0) is 81.5 Å². The normalized spacial score (nSPS) is 16.7. The predicted octanol–water partition coefficient (Wildman–Crippen LogP) is 3.74. The van der Waals surface area contributed by atoms with Gasteiger partial charge in [0.05, 0.1) is 17.5 Å². The Bertz CT molecular complexity index is 1030. The standard InChI is InChI=1S/C23H30N2O4S/c1-16-8-10-21(13-18(16)3)29-15-19(4)24-23(26)20-9-7-17(2)22(14-20)25-11-5-6-12-30(25,27)28/h7-10,13-14,19H,5-6,11-12,15H2,1-4H3,(H,24,26)/t19-/m0/s1. The molecule has 0 aromatic heterocycles. The molecule has 1 saturated heterocycles. The molecule has 1 aliphatic heterocycles. The van der Waals surface area contributed by atoms with Crippen LogP contribution in [-0.4, -0.2) is 39.3 Å². The van der Waals surface area contributed by atoms with Crippen LogP contribution < -0.4 is 14.4 Å². The molecular formula is C23H30N2O4S. The lowest BCUT2D eigenvalue weighted by molar-refractivity contribution is 0.0926. The number of carbonyl (C=O) groups is 1. The molecule has 6 nitrogen and oxygen atoms in total. The summed E-state index contributed by atoms with van der Waals surface area (Å²) < 4.78 is 32.2. The summed E-state index contributed by atoms with van der Waals surface area (Å²) in [7, 11) is -3.33. The van der Waals surface area contributed by atoms with Gasteiger partial charge in [0, 0.05) is 12.1 Å². The van der Waals surface area contributed by atoms with Crippen molar-refractivity contribution in [3.8, 4) is 5.75 Å². The monoisotopic (exact) mass is 430 g/mol. The average Bonchev–Trinajstić information content (AvgIpc) is 2.69. The zero-order valence-electron chi connectivity index (χ0n) is 18.1. The molecule has 1 aliphatic rings. The highest BCUT2D eigenvalue weighted by Crippen LogP contribution is 2.28. The second-order valence-electron chi connectivity index (χ2n) is 8.03. The third-order valence-electron chi connectivity index (χ3n) is 5.45. The molecule has 0 radical (unpaired) electrons. The fraction of sp³-hybridized carbons (Fsp3) is 0.435. The molecule has 2 aromatic carbocycles. The van der Waals surface area contributed by atoms with Crippen LogP contribution in [0.25, 0.3) is 0 Å². The minimum atomic E-state index is -3.33. The fourth-order valence-electron chi connectivity index (χ4n) is 3.45. The summed E-state index contributed by atoms with van der Waals surface area (Å²) in [5, 5.41) is 2.93. The van der Waals surface area contributed by atoms with Gasteiger partial charge < -0.3 is 10.1 Å². The third-order valence-corrected chi connectivity index (χ3v) is 7.30. The van der Waals surface area contributed by atoms with Crippen molar-refractivity contribution in [1.82, 2.24) is 5.32 Å². The van der Waals surface area contributed by atoms with Crippen molar-refractivity contribution in [3.05, 3.63) is 58.7 Å². The molecule has 1 amide bonds. The molecule has 0 spiro atoms. The van der Waals surface area contributed by atoms with Crippen LogP contribution >= 0.6 is 0 Å². The maximum Gasteiger partial charge on any atom is 0.251 e. The Morgan fingerprint density at radius 2 is 1.80 bits per heavy atom. The number of benzene rings is 2. The number of sulfonamides is 1. The first-order valence-electron chi connectivity index (χ1n) is 10.3. The SMILES string of the molecule is Cc1ccc(OC[C@H](C)NC(=O)c2ccc(C)c(N3CCCCS3(=O)=O)c2)cc1C. The number of anilines is 1. The number of nitrogens with zero attached hydrogens (tertiary/aromatic N) is 1. The van der Waals surface area contributed by atoms with E-state index in [0.29, 0.717) is 30.8 Å². The van der Waals surface area contributed by atoms with Crippen molar-refractivity contribution in [2.45, 2.75) is 46.6 Å². The van der Waals surface area contributed by atoms with Crippen molar-refractivity contribution >= 4 is 21.6 Å². The van der Waals surface area contributed by atoms with Crippen LogP contribution in [0.2, 0.25) is 0 Å². The molecule has 2 aromatic rings. The zero-order valence-corrected chi connectivity index (χ0v) is 18.9. The van der Waals surface area contributed by atoms with E-state index in [9.17, 15) is 13.2 Å². The Balaban J connectivity index is 1.67. The van der Waals surface area contributed by atoms with Crippen molar-refractivity contribution in [3.63, 3.8) is 0 Å². The molecule has 1 atom stereocenters. The van der Waals surface area contributed by atoms with Gasteiger partial charge in [0.1, 0.15) is 12.4 Å². The molecule has 0 bridgehead atoms. The van der Waals surface area contributed by atoms with E-state index in [4.69, 9.17) is 4.74 Å². The number of carbonyl (C=O) groups excluding carboxylic acids is 1. The first kappa shape index (κ1) is 22.2. The Morgan fingerprint density at radius 3 is 2.50 bits per heavy atom. The molecule has 162 valence electrons. The van der Waals surface area contributed by atoms with Crippen LogP contribution in [0.15, 0.2) is 36.4 Å². The van der Waals surface area contributed by atoms with Crippen LogP contribution in [0.1, 0.15) is 46.8 Å². The summed E-state index contributed by atoms with van der Waals surface area (Å²) in [6, 6.07) is 10.9. The number of aryl methyl sites for hydroxylation is 3. The molecule has 7 heteroatoms. The van der Waals surface area contributed by atoms with E-state index < -0.39 is 10.0 Å². The second kappa shape index (κ2) is 9.08. The van der Waals surface area contributed by atoms with E-state index >= 15 is 0 Å². The summed E-state index contributed by atoms with van der Waals surface area (Å²) >= 11 is 0. The van der Waals surface area contributed by atoms with Gasteiger partial charge >= 0.3 is 0 Å². The molecule has 3 rings (SSSR count). The van der Waals surface area contributed by atoms with E-state index in [1.54, 1.807) is 18.2 Å². The highest BCUT2D eigenvalue weighted by atomic mass is 32.2. The van der Waals surface area contributed by atoms with Crippen molar-refractivity contribution in [1.29, 1.82) is 0 Å². The van der Waals surface area contributed by atoms with Crippen LogP contribution in [0.5, 0.6) is 5.75 Å². The van der Waals surface area contributed by atoms with Gasteiger partial charge in [0.2, 0.25) is 10.0 Å². The van der Waals surface area contributed by atoms with Gasteiger partial charge in [-0.3, -0.25) is 9.10 Å². The minimum absolute atomic E-state index is 0.149. The molecule has 0 aliphatic carbocycles. The predicted molar refractivity (Wildman–Crippen MR) is 120 cm³/mol. The van der Waals surface area contributed by atoms with Crippen molar-refractivity contribution < 1.29 is 17.9 Å². The molecule has 0 unspecified atom stereocenters. The van der Waals surface area contributed by atoms with E-state index in [2.05, 4.69) is 5.32 Å². The number of hydrogen-bond acceptors (Lipinski definition) is 4. The van der Waals surface area contributed by atoms with Crippen molar-refractivity contribution in [2.75, 3.05) is 23.2 Å². The fourth-order valence-corrected chi connectivity index (χ4v) is 5.15. The van der Waals surface area contributed by atoms with Gasteiger partial charge in [-0.15, -0.1) is 0 Å². The molecule has 1 N–H and O–H groups in total. The van der Waals surface area contributed by atoms with E-state index in [1.165, 1.54) is 9.87 Å². The van der Waals surface area contributed by atoms with Gasteiger partial charge in [-0.25, -0.2) is 8.42 Å². The highest BCUT2D eigenvalue weighted by Gasteiger charge is 2.27. The number of hydrogen-bond donors (Lipinski definition) is 1. The maximum absolute atomic E-state index is 12.7. The van der Waals surface area contributed by atoms with E-state index in [1.807, 2.05) is 45.9 Å². The minimum Gasteiger partial charge on any atom is -0.491 e. The Hall–Kier alpha value is -2.54. The summed E-state index contributed by atoms with van der Waals surface area (Å²) in [4.78, 5) is 12.7. The summed E-state index contributed by atoms with van der Waals surface area (Å²) in [5.41, 5.74) is 4.22. The number of nitrogens with one attached hydrogen (secondary N) is 1. The quantitative estimate of drug-likeness (QED) is 0.758. The number of ether oxygens (including phenoxy) is 1. The van der Waals surface area contributed by atoms with Crippen LogP contribution in [0, 0.1) is 20.8 Å². The Labute approximate surface area is 179 Å².